The standard InChI is InChI=1S/C11H14BrFN2O3S/c1-2-15-19(17,18)7-6-14-11(16)10-8(12)4-3-5-9(10)13/h3-5,15H,2,6-7H2,1H3,(H,14,16). The Labute approximate surface area is 119 Å². The van der Waals surface area contributed by atoms with E-state index in [-0.39, 0.29) is 24.4 Å². The summed E-state index contributed by atoms with van der Waals surface area (Å²) in [6.07, 6.45) is 0. The van der Waals surface area contributed by atoms with Gasteiger partial charge >= 0.3 is 0 Å². The van der Waals surface area contributed by atoms with E-state index in [1.165, 1.54) is 12.1 Å². The van der Waals surface area contributed by atoms with E-state index < -0.39 is 21.7 Å². The average Bonchev–Trinajstić information content (AvgIpc) is 2.28. The third-order valence-corrected chi connectivity index (χ3v) is 4.34. The fourth-order valence-electron chi connectivity index (χ4n) is 1.39. The van der Waals surface area contributed by atoms with Crippen molar-refractivity contribution >= 4 is 31.9 Å². The maximum Gasteiger partial charge on any atom is 0.255 e. The zero-order valence-corrected chi connectivity index (χ0v) is 12.6. The van der Waals surface area contributed by atoms with Gasteiger partial charge in [-0.2, -0.15) is 0 Å². The van der Waals surface area contributed by atoms with Crippen LogP contribution in [0, 0.1) is 5.82 Å². The molecule has 8 heteroatoms. The summed E-state index contributed by atoms with van der Waals surface area (Å²) < 4.78 is 38.7. The van der Waals surface area contributed by atoms with Crippen LogP contribution in [0.15, 0.2) is 22.7 Å². The van der Waals surface area contributed by atoms with E-state index in [0.717, 1.165) is 6.07 Å². The van der Waals surface area contributed by atoms with Crippen molar-refractivity contribution in [2.75, 3.05) is 18.8 Å². The molecular formula is C11H14BrFN2O3S. The predicted molar refractivity (Wildman–Crippen MR) is 73.9 cm³/mol. The molecule has 0 saturated heterocycles. The summed E-state index contributed by atoms with van der Waals surface area (Å²) in [7, 11) is -3.40. The Hall–Kier alpha value is -0.990. The number of sulfonamides is 1. The lowest BCUT2D eigenvalue weighted by Crippen LogP contribution is -2.34. The van der Waals surface area contributed by atoms with Crippen LogP contribution in [-0.2, 0) is 10.0 Å². The van der Waals surface area contributed by atoms with Crippen molar-refractivity contribution in [1.82, 2.24) is 10.0 Å². The van der Waals surface area contributed by atoms with Crippen molar-refractivity contribution in [3.63, 3.8) is 0 Å². The van der Waals surface area contributed by atoms with Gasteiger partial charge in [0.25, 0.3) is 5.91 Å². The van der Waals surface area contributed by atoms with Crippen LogP contribution in [0.1, 0.15) is 17.3 Å². The molecule has 1 aromatic rings. The molecule has 0 spiro atoms. The van der Waals surface area contributed by atoms with E-state index in [9.17, 15) is 17.6 Å². The van der Waals surface area contributed by atoms with Crippen LogP contribution < -0.4 is 10.0 Å². The van der Waals surface area contributed by atoms with Crippen molar-refractivity contribution in [1.29, 1.82) is 0 Å². The summed E-state index contributed by atoms with van der Waals surface area (Å²) in [6.45, 7) is 1.86. The topological polar surface area (TPSA) is 75.3 Å². The molecule has 2 N–H and O–H groups in total. The summed E-state index contributed by atoms with van der Waals surface area (Å²) in [5.41, 5.74) is -0.136. The molecule has 0 aliphatic carbocycles. The largest absolute Gasteiger partial charge is 0.351 e. The highest BCUT2D eigenvalue weighted by Gasteiger charge is 2.16. The van der Waals surface area contributed by atoms with Gasteiger partial charge in [-0.05, 0) is 28.1 Å². The second-order valence-electron chi connectivity index (χ2n) is 3.67. The van der Waals surface area contributed by atoms with Gasteiger partial charge in [-0.3, -0.25) is 4.79 Å². The minimum absolute atomic E-state index is 0.0884. The lowest BCUT2D eigenvalue weighted by molar-refractivity contribution is 0.0951. The monoisotopic (exact) mass is 352 g/mol. The van der Waals surface area contributed by atoms with Crippen LogP contribution in [0.4, 0.5) is 4.39 Å². The van der Waals surface area contributed by atoms with Crippen molar-refractivity contribution in [3.05, 3.63) is 34.1 Å². The molecule has 19 heavy (non-hydrogen) atoms. The van der Waals surface area contributed by atoms with Gasteiger partial charge in [0.1, 0.15) is 5.82 Å². The SMILES string of the molecule is CCNS(=O)(=O)CCNC(=O)c1c(F)cccc1Br. The van der Waals surface area contributed by atoms with E-state index in [0.29, 0.717) is 4.47 Å². The van der Waals surface area contributed by atoms with Crippen molar-refractivity contribution in [3.8, 4) is 0 Å². The first-order chi connectivity index (χ1) is 8.87. The molecule has 5 nitrogen and oxygen atoms in total. The summed E-state index contributed by atoms with van der Waals surface area (Å²) in [5.74, 6) is -1.57. The molecule has 0 bridgehead atoms. The molecule has 1 aromatic carbocycles. The van der Waals surface area contributed by atoms with E-state index in [4.69, 9.17) is 0 Å². The molecule has 0 aromatic heterocycles. The number of nitrogens with one attached hydrogen (secondary N) is 2. The maximum atomic E-state index is 13.5. The number of rotatable bonds is 6. The van der Waals surface area contributed by atoms with Crippen LogP contribution in [-0.4, -0.2) is 33.2 Å². The molecule has 0 atom stereocenters. The van der Waals surface area contributed by atoms with Gasteiger partial charge in [0.15, 0.2) is 0 Å². The highest BCUT2D eigenvalue weighted by atomic mass is 79.9. The van der Waals surface area contributed by atoms with Crippen LogP contribution in [0.2, 0.25) is 0 Å². The van der Waals surface area contributed by atoms with Gasteiger partial charge in [-0.25, -0.2) is 17.5 Å². The number of hydrogen-bond acceptors (Lipinski definition) is 3. The molecule has 0 fully saturated rings. The minimum atomic E-state index is -3.40. The van der Waals surface area contributed by atoms with Crippen LogP contribution in [0.25, 0.3) is 0 Å². The van der Waals surface area contributed by atoms with Gasteiger partial charge in [0.05, 0.1) is 11.3 Å². The Morgan fingerprint density at radius 1 is 1.42 bits per heavy atom. The molecule has 0 radical (unpaired) electrons. The third kappa shape index (κ3) is 4.88. The summed E-state index contributed by atoms with van der Waals surface area (Å²) in [4.78, 5) is 11.7. The Morgan fingerprint density at radius 3 is 2.68 bits per heavy atom. The van der Waals surface area contributed by atoms with Crippen molar-refractivity contribution in [2.45, 2.75) is 6.92 Å². The quantitative estimate of drug-likeness (QED) is 0.809. The van der Waals surface area contributed by atoms with E-state index >= 15 is 0 Å². The molecule has 0 unspecified atom stereocenters. The molecule has 1 rings (SSSR count). The maximum absolute atomic E-state index is 13.5. The molecular weight excluding hydrogens is 339 g/mol. The second-order valence-corrected chi connectivity index (χ2v) is 6.45. The van der Waals surface area contributed by atoms with E-state index in [1.54, 1.807) is 6.92 Å². The number of benzene rings is 1. The number of carbonyl (C=O) groups excluding carboxylic acids is 1. The minimum Gasteiger partial charge on any atom is -0.351 e. The highest BCUT2D eigenvalue weighted by Crippen LogP contribution is 2.19. The molecule has 106 valence electrons. The fourth-order valence-corrected chi connectivity index (χ4v) is 2.87. The highest BCUT2D eigenvalue weighted by molar-refractivity contribution is 9.10. The van der Waals surface area contributed by atoms with Gasteiger partial charge in [-0.15, -0.1) is 0 Å². The van der Waals surface area contributed by atoms with Crippen molar-refractivity contribution in [2.24, 2.45) is 0 Å². The normalized spacial score (nSPS) is 11.3. The van der Waals surface area contributed by atoms with Gasteiger partial charge in [0, 0.05) is 17.6 Å². The van der Waals surface area contributed by atoms with Crippen LogP contribution in [0.5, 0.6) is 0 Å². The fraction of sp³-hybridized carbons (Fsp3) is 0.364. The first kappa shape index (κ1) is 16.1. The smallest absolute Gasteiger partial charge is 0.255 e. The van der Waals surface area contributed by atoms with Crippen molar-refractivity contribution < 1.29 is 17.6 Å². The molecule has 0 aliphatic rings. The van der Waals surface area contributed by atoms with E-state index in [2.05, 4.69) is 26.0 Å². The molecule has 0 heterocycles. The summed E-state index contributed by atoms with van der Waals surface area (Å²) in [6, 6.07) is 4.16. The third-order valence-electron chi connectivity index (χ3n) is 2.21. The zero-order chi connectivity index (χ0) is 14.5. The molecule has 0 saturated carbocycles. The van der Waals surface area contributed by atoms with Gasteiger partial charge in [-0.1, -0.05) is 13.0 Å². The van der Waals surface area contributed by atoms with Crippen LogP contribution in [0.3, 0.4) is 0 Å². The number of amides is 1. The first-order valence-electron chi connectivity index (χ1n) is 5.57. The second kappa shape index (κ2) is 6.97. The molecule has 0 aliphatic heterocycles. The Morgan fingerprint density at radius 2 is 2.11 bits per heavy atom. The zero-order valence-electron chi connectivity index (χ0n) is 10.2. The first-order valence-corrected chi connectivity index (χ1v) is 8.01. The van der Waals surface area contributed by atoms with Gasteiger partial charge < -0.3 is 5.32 Å². The summed E-state index contributed by atoms with van der Waals surface area (Å²) >= 11 is 3.07. The number of carbonyl (C=O) groups is 1. The average molecular weight is 353 g/mol. The number of hydrogen-bond donors (Lipinski definition) is 2. The predicted octanol–water partition coefficient (Wildman–Crippen LogP) is 1.26. The Bertz CT molecular complexity index is 543. The summed E-state index contributed by atoms with van der Waals surface area (Å²) in [5, 5.41) is 2.37. The van der Waals surface area contributed by atoms with Crippen LogP contribution >= 0.6 is 15.9 Å². The molecule has 1 amide bonds. The number of halogens is 2. The van der Waals surface area contributed by atoms with E-state index in [1.807, 2.05) is 0 Å². The Kier molecular flexibility index (Phi) is 5.89. The lowest BCUT2D eigenvalue weighted by atomic mass is 10.2. The van der Waals surface area contributed by atoms with Gasteiger partial charge in [0.2, 0.25) is 10.0 Å². The Balaban J connectivity index is 2.62. The lowest BCUT2D eigenvalue weighted by Gasteiger charge is -2.08.